The molecular weight excluding hydrogens is 427 g/mol. The zero-order chi connectivity index (χ0) is 20.4. The maximum absolute atomic E-state index is 11.3. The molecule has 28 heavy (non-hydrogen) atoms. The fourth-order valence-electron chi connectivity index (χ4n) is 2.38. The van der Waals surface area contributed by atoms with Crippen LogP contribution in [0.4, 0.5) is 5.69 Å². The second kappa shape index (κ2) is 8.05. The van der Waals surface area contributed by atoms with Gasteiger partial charge in [0.05, 0.1) is 9.95 Å². The van der Waals surface area contributed by atoms with Crippen LogP contribution in [-0.4, -0.2) is 25.7 Å². The molecule has 0 fully saturated rings. The Morgan fingerprint density at radius 2 is 1.96 bits per heavy atom. The maximum Gasteiger partial charge on any atom is 0.274 e. The van der Waals surface area contributed by atoms with Crippen molar-refractivity contribution in [1.82, 2.24) is 14.9 Å². The number of nitrogens with two attached hydrogens (primary N) is 2. The Bertz CT molecular complexity index is 1090. The quantitative estimate of drug-likeness (QED) is 0.260. The second-order valence-corrected chi connectivity index (χ2v) is 7.34. The van der Waals surface area contributed by atoms with Gasteiger partial charge in [0.15, 0.2) is 5.82 Å². The lowest BCUT2D eigenvalue weighted by atomic mass is 10.1. The van der Waals surface area contributed by atoms with Gasteiger partial charge in [-0.2, -0.15) is 0 Å². The standard InChI is InChI=1S/C16H12Cl2N6O3S/c17-10-3-4-11(12(18)6-10)15-21-22-16(23(15)20)28-7-9-2-1-8(14(19)25)5-13(9)24(26)27/h1-6H,7,20H2,(H2,19,25). The van der Waals surface area contributed by atoms with Crippen molar-refractivity contribution in [2.75, 3.05) is 5.84 Å². The zero-order valence-electron chi connectivity index (χ0n) is 14.0. The molecule has 0 bridgehead atoms. The molecule has 1 aromatic heterocycles. The summed E-state index contributed by atoms with van der Waals surface area (Å²) in [4.78, 5) is 21.9. The molecule has 1 amide bonds. The molecule has 3 aromatic rings. The van der Waals surface area contributed by atoms with E-state index in [-0.39, 0.29) is 17.0 Å². The minimum atomic E-state index is -0.742. The summed E-state index contributed by atoms with van der Waals surface area (Å²) >= 11 is 13.2. The Kier molecular flexibility index (Phi) is 5.73. The van der Waals surface area contributed by atoms with Gasteiger partial charge in [-0.1, -0.05) is 41.0 Å². The number of primary amides is 1. The number of nitro benzene ring substituents is 1. The minimum absolute atomic E-state index is 0.0575. The second-order valence-electron chi connectivity index (χ2n) is 5.55. The Balaban J connectivity index is 1.85. The Morgan fingerprint density at radius 3 is 2.61 bits per heavy atom. The highest BCUT2D eigenvalue weighted by Crippen LogP contribution is 2.32. The monoisotopic (exact) mass is 438 g/mol. The highest BCUT2D eigenvalue weighted by molar-refractivity contribution is 7.98. The number of carbonyl (C=O) groups is 1. The van der Waals surface area contributed by atoms with Crippen LogP contribution in [0.15, 0.2) is 41.6 Å². The van der Waals surface area contributed by atoms with E-state index in [0.29, 0.717) is 32.2 Å². The van der Waals surface area contributed by atoms with E-state index in [1.165, 1.54) is 16.8 Å². The third-order valence-electron chi connectivity index (χ3n) is 3.76. The predicted molar refractivity (Wildman–Crippen MR) is 107 cm³/mol. The van der Waals surface area contributed by atoms with Gasteiger partial charge in [-0.3, -0.25) is 14.9 Å². The minimum Gasteiger partial charge on any atom is -0.366 e. The first-order valence-corrected chi connectivity index (χ1v) is 9.38. The van der Waals surface area contributed by atoms with E-state index in [4.69, 9.17) is 34.8 Å². The molecule has 4 N–H and O–H groups in total. The normalized spacial score (nSPS) is 10.8. The van der Waals surface area contributed by atoms with Gasteiger partial charge < -0.3 is 11.6 Å². The molecule has 0 aliphatic carbocycles. The number of halogens is 2. The number of hydrogen-bond acceptors (Lipinski definition) is 7. The topological polar surface area (TPSA) is 143 Å². The van der Waals surface area contributed by atoms with Crippen LogP contribution in [0.1, 0.15) is 15.9 Å². The van der Waals surface area contributed by atoms with Crippen LogP contribution in [0.25, 0.3) is 11.4 Å². The van der Waals surface area contributed by atoms with E-state index < -0.39 is 10.8 Å². The summed E-state index contributed by atoms with van der Waals surface area (Å²) in [6, 6.07) is 8.92. The fourth-order valence-corrected chi connectivity index (χ4v) is 3.73. The van der Waals surface area contributed by atoms with Crippen molar-refractivity contribution < 1.29 is 9.72 Å². The average molecular weight is 439 g/mol. The van der Waals surface area contributed by atoms with Gasteiger partial charge in [0.2, 0.25) is 11.1 Å². The van der Waals surface area contributed by atoms with Crippen LogP contribution in [0, 0.1) is 10.1 Å². The van der Waals surface area contributed by atoms with Crippen LogP contribution >= 0.6 is 35.0 Å². The molecule has 144 valence electrons. The number of nitro groups is 1. The van der Waals surface area contributed by atoms with E-state index in [2.05, 4.69) is 10.2 Å². The maximum atomic E-state index is 11.3. The molecule has 0 radical (unpaired) electrons. The van der Waals surface area contributed by atoms with Gasteiger partial charge in [-0.05, 0) is 24.3 Å². The van der Waals surface area contributed by atoms with Crippen molar-refractivity contribution in [3.8, 4) is 11.4 Å². The molecule has 0 saturated heterocycles. The molecule has 0 aliphatic heterocycles. The van der Waals surface area contributed by atoms with Crippen molar-refractivity contribution in [3.63, 3.8) is 0 Å². The van der Waals surface area contributed by atoms with E-state index in [9.17, 15) is 14.9 Å². The van der Waals surface area contributed by atoms with E-state index in [1.807, 2.05) is 0 Å². The van der Waals surface area contributed by atoms with Crippen molar-refractivity contribution in [1.29, 1.82) is 0 Å². The first-order chi connectivity index (χ1) is 13.3. The number of benzene rings is 2. The van der Waals surface area contributed by atoms with Crippen LogP contribution in [0.2, 0.25) is 10.0 Å². The molecule has 9 nitrogen and oxygen atoms in total. The van der Waals surface area contributed by atoms with E-state index in [1.54, 1.807) is 18.2 Å². The summed E-state index contributed by atoms with van der Waals surface area (Å²) in [7, 11) is 0. The molecule has 0 saturated carbocycles. The summed E-state index contributed by atoms with van der Waals surface area (Å²) in [5.41, 5.74) is 5.95. The van der Waals surface area contributed by atoms with E-state index in [0.717, 1.165) is 17.8 Å². The fraction of sp³-hybridized carbons (Fsp3) is 0.0625. The third kappa shape index (κ3) is 4.03. The van der Waals surface area contributed by atoms with Gasteiger partial charge in [-0.15, -0.1) is 10.2 Å². The lowest BCUT2D eigenvalue weighted by Crippen LogP contribution is -2.12. The van der Waals surface area contributed by atoms with Gasteiger partial charge in [0.1, 0.15) is 0 Å². The van der Waals surface area contributed by atoms with Crippen LogP contribution in [-0.2, 0) is 5.75 Å². The number of aromatic nitrogens is 3. The SMILES string of the molecule is NC(=O)c1ccc(CSc2nnc(-c3ccc(Cl)cc3Cl)n2N)c([N+](=O)[O-])c1. The predicted octanol–water partition coefficient (Wildman–Crippen LogP) is 3.27. The summed E-state index contributed by atoms with van der Waals surface area (Å²) in [5.74, 6) is 5.81. The molecule has 2 aromatic carbocycles. The number of amides is 1. The molecular formula is C16H12Cl2N6O3S. The lowest BCUT2D eigenvalue weighted by Gasteiger charge is -2.06. The summed E-state index contributed by atoms with van der Waals surface area (Å²) < 4.78 is 1.24. The molecule has 0 atom stereocenters. The van der Waals surface area contributed by atoms with Crippen LogP contribution < -0.4 is 11.6 Å². The Hall–Kier alpha value is -2.82. The average Bonchev–Trinajstić information content (AvgIpc) is 3.00. The zero-order valence-corrected chi connectivity index (χ0v) is 16.3. The molecule has 0 aliphatic rings. The van der Waals surface area contributed by atoms with Crippen LogP contribution in [0.3, 0.4) is 0 Å². The number of nitrogen functional groups attached to an aromatic ring is 1. The smallest absolute Gasteiger partial charge is 0.274 e. The summed E-state index contributed by atoms with van der Waals surface area (Å²) in [6.07, 6.45) is 0. The number of thioether (sulfide) groups is 1. The lowest BCUT2D eigenvalue weighted by molar-refractivity contribution is -0.385. The van der Waals surface area contributed by atoms with E-state index >= 15 is 0 Å². The molecule has 1 heterocycles. The number of carbonyl (C=O) groups excluding carboxylic acids is 1. The number of rotatable bonds is 6. The number of nitrogens with zero attached hydrogens (tertiary/aromatic N) is 4. The molecule has 0 spiro atoms. The van der Waals surface area contributed by atoms with Crippen molar-refractivity contribution in [2.45, 2.75) is 10.9 Å². The highest BCUT2D eigenvalue weighted by atomic mass is 35.5. The van der Waals surface area contributed by atoms with Gasteiger partial charge in [0, 0.05) is 33.5 Å². The van der Waals surface area contributed by atoms with Gasteiger partial charge in [0.25, 0.3) is 5.69 Å². The highest BCUT2D eigenvalue weighted by Gasteiger charge is 2.19. The van der Waals surface area contributed by atoms with Crippen molar-refractivity contribution >= 4 is 46.6 Å². The first kappa shape index (κ1) is 19.9. The molecule has 3 rings (SSSR count). The Morgan fingerprint density at radius 1 is 1.21 bits per heavy atom. The van der Waals surface area contributed by atoms with Gasteiger partial charge >= 0.3 is 0 Å². The number of hydrogen-bond donors (Lipinski definition) is 2. The molecule has 12 heteroatoms. The largest absolute Gasteiger partial charge is 0.366 e. The van der Waals surface area contributed by atoms with Crippen molar-refractivity contribution in [3.05, 3.63) is 67.7 Å². The third-order valence-corrected chi connectivity index (χ3v) is 5.30. The van der Waals surface area contributed by atoms with Crippen LogP contribution in [0.5, 0.6) is 0 Å². The summed E-state index contributed by atoms with van der Waals surface area (Å²) in [6.45, 7) is 0. The van der Waals surface area contributed by atoms with Crippen molar-refractivity contribution in [2.24, 2.45) is 5.73 Å². The summed E-state index contributed by atoms with van der Waals surface area (Å²) in [5, 5.41) is 20.5. The Labute approximate surface area is 172 Å². The first-order valence-electron chi connectivity index (χ1n) is 7.63. The van der Waals surface area contributed by atoms with Gasteiger partial charge in [-0.25, -0.2) is 4.68 Å². The molecule has 0 unspecified atom stereocenters.